The molecule has 0 saturated carbocycles. The molecule has 7 heteroatoms. The van der Waals surface area contributed by atoms with Gasteiger partial charge >= 0.3 is 12.0 Å². The van der Waals surface area contributed by atoms with E-state index in [-0.39, 0.29) is 5.91 Å². The van der Waals surface area contributed by atoms with Crippen LogP contribution in [0.4, 0.5) is 16.2 Å². The summed E-state index contributed by atoms with van der Waals surface area (Å²) in [6.07, 6.45) is 0. The molecule has 0 aliphatic rings. The van der Waals surface area contributed by atoms with Crippen LogP contribution in [0.5, 0.6) is 0 Å². The van der Waals surface area contributed by atoms with Crippen molar-refractivity contribution in [1.82, 2.24) is 5.32 Å². The second kappa shape index (κ2) is 6.39. The van der Waals surface area contributed by atoms with E-state index < -0.39 is 18.0 Å². The fraction of sp³-hybridized carbons (Fsp3) is 0.250. The summed E-state index contributed by atoms with van der Waals surface area (Å²) in [5.74, 6) is -1.30. The predicted octanol–water partition coefficient (Wildman–Crippen LogP) is 1.24. The SMILES string of the molecule is CC(=O)Nc1ccc(NC(=O)NC(C)C(=O)O)cc1. The van der Waals surface area contributed by atoms with Gasteiger partial charge in [-0.15, -0.1) is 0 Å². The lowest BCUT2D eigenvalue weighted by molar-refractivity contribution is -0.138. The van der Waals surface area contributed by atoms with Gasteiger partial charge < -0.3 is 21.1 Å². The molecular weight excluding hydrogens is 250 g/mol. The first-order chi connectivity index (χ1) is 8.88. The first-order valence-electron chi connectivity index (χ1n) is 5.56. The monoisotopic (exact) mass is 265 g/mol. The van der Waals surface area contributed by atoms with Gasteiger partial charge in [-0.3, -0.25) is 9.59 Å². The van der Waals surface area contributed by atoms with E-state index >= 15 is 0 Å². The largest absolute Gasteiger partial charge is 0.480 e. The third-order valence-corrected chi connectivity index (χ3v) is 2.18. The predicted molar refractivity (Wildman–Crippen MR) is 70.0 cm³/mol. The highest BCUT2D eigenvalue weighted by Crippen LogP contribution is 2.13. The van der Waals surface area contributed by atoms with Gasteiger partial charge in [-0.1, -0.05) is 0 Å². The minimum Gasteiger partial charge on any atom is -0.480 e. The van der Waals surface area contributed by atoms with Crippen LogP contribution in [0.3, 0.4) is 0 Å². The van der Waals surface area contributed by atoms with Gasteiger partial charge in [0, 0.05) is 18.3 Å². The summed E-state index contributed by atoms with van der Waals surface area (Å²) in [5, 5.41) is 16.0. The summed E-state index contributed by atoms with van der Waals surface area (Å²) in [7, 11) is 0. The number of hydrogen-bond donors (Lipinski definition) is 4. The Morgan fingerprint density at radius 1 is 1.05 bits per heavy atom. The zero-order chi connectivity index (χ0) is 14.4. The zero-order valence-corrected chi connectivity index (χ0v) is 10.6. The lowest BCUT2D eigenvalue weighted by Crippen LogP contribution is -2.40. The highest BCUT2D eigenvalue weighted by molar-refractivity contribution is 5.93. The Morgan fingerprint density at radius 3 is 1.95 bits per heavy atom. The number of rotatable bonds is 4. The van der Waals surface area contributed by atoms with Gasteiger partial charge in [0.05, 0.1) is 0 Å². The van der Waals surface area contributed by atoms with Crippen LogP contribution in [0.1, 0.15) is 13.8 Å². The summed E-state index contributed by atoms with van der Waals surface area (Å²) in [4.78, 5) is 32.8. The highest BCUT2D eigenvalue weighted by atomic mass is 16.4. The molecule has 1 atom stereocenters. The number of carbonyl (C=O) groups excluding carboxylic acids is 2. The summed E-state index contributed by atoms with van der Waals surface area (Å²) >= 11 is 0. The molecule has 0 spiro atoms. The Labute approximate surface area is 110 Å². The zero-order valence-electron chi connectivity index (χ0n) is 10.6. The van der Waals surface area contributed by atoms with E-state index in [1.54, 1.807) is 24.3 Å². The fourth-order valence-electron chi connectivity index (χ4n) is 1.27. The van der Waals surface area contributed by atoms with E-state index in [4.69, 9.17) is 5.11 Å². The molecule has 1 aromatic rings. The van der Waals surface area contributed by atoms with Crippen molar-refractivity contribution in [3.63, 3.8) is 0 Å². The molecular formula is C12H15N3O4. The number of nitrogens with one attached hydrogen (secondary N) is 3. The van der Waals surface area contributed by atoms with Crippen LogP contribution in [0.15, 0.2) is 24.3 Å². The minimum absolute atomic E-state index is 0.186. The minimum atomic E-state index is -1.11. The molecule has 0 aliphatic heterocycles. The van der Waals surface area contributed by atoms with Crippen molar-refractivity contribution >= 4 is 29.3 Å². The first kappa shape index (κ1) is 14.5. The summed E-state index contributed by atoms with van der Waals surface area (Å²) < 4.78 is 0. The highest BCUT2D eigenvalue weighted by Gasteiger charge is 2.13. The molecule has 1 unspecified atom stereocenters. The van der Waals surface area contributed by atoms with Gasteiger partial charge in [0.2, 0.25) is 5.91 Å². The summed E-state index contributed by atoms with van der Waals surface area (Å²) in [5.41, 5.74) is 1.10. The molecule has 0 saturated heterocycles. The van der Waals surface area contributed by atoms with Gasteiger partial charge in [-0.05, 0) is 31.2 Å². The Kier molecular flexibility index (Phi) is 4.87. The van der Waals surface area contributed by atoms with Crippen molar-refractivity contribution in [2.24, 2.45) is 0 Å². The molecule has 7 nitrogen and oxygen atoms in total. The maximum absolute atomic E-state index is 11.4. The van der Waals surface area contributed by atoms with Crippen LogP contribution < -0.4 is 16.0 Å². The third-order valence-electron chi connectivity index (χ3n) is 2.18. The van der Waals surface area contributed by atoms with E-state index in [1.165, 1.54) is 13.8 Å². The van der Waals surface area contributed by atoms with Crippen LogP contribution in [0.25, 0.3) is 0 Å². The van der Waals surface area contributed by atoms with Crippen LogP contribution in [-0.2, 0) is 9.59 Å². The lowest BCUT2D eigenvalue weighted by Gasteiger charge is -2.11. The average molecular weight is 265 g/mol. The number of benzene rings is 1. The standard InChI is InChI=1S/C12H15N3O4/c1-7(11(17)18)13-12(19)15-10-5-3-9(4-6-10)14-8(2)16/h3-7H,1-2H3,(H,14,16)(H,17,18)(H2,13,15,19). The van der Waals surface area contributed by atoms with Crippen molar-refractivity contribution in [3.8, 4) is 0 Å². The van der Waals surface area contributed by atoms with E-state index in [2.05, 4.69) is 16.0 Å². The maximum atomic E-state index is 11.4. The number of carbonyl (C=O) groups is 3. The Hall–Kier alpha value is -2.57. The molecule has 1 rings (SSSR count). The molecule has 102 valence electrons. The Balaban J connectivity index is 2.55. The number of urea groups is 1. The molecule has 0 bridgehead atoms. The fourth-order valence-corrected chi connectivity index (χ4v) is 1.27. The molecule has 19 heavy (non-hydrogen) atoms. The number of hydrogen-bond acceptors (Lipinski definition) is 3. The number of carboxylic acids is 1. The van der Waals surface area contributed by atoms with E-state index in [9.17, 15) is 14.4 Å². The Morgan fingerprint density at radius 2 is 1.53 bits per heavy atom. The van der Waals surface area contributed by atoms with Crippen LogP contribution >= 0.6 is 0 Å². The number of aliphatic carboxylic acids is 1. The van der Waals surface area contributed by atoms with Crippen LogP contribution in [0, 0.1) is 0 Å². The van der Waals surface area contributed by atoms with Crippen LogP contribution in [0.2, 0.25) is 0 Å². The number of amides is 3. The average Bonchev–Trinajstić information content (AvgIpc) is 2.30. The normalized spacial score (nSPS) is 11.3. The van der Waals surface area contributed by atoms with E-state index in [0.717, 1.165) is 0 Å². The van der Waals surface area contributed by atoms with Gasteiger partial charge in [0.25, 0.3) is 0 Å². The molecule has 0 aliphatic carbocycles. The molecule has 0 fully saturated rings. The van der Waals surface area contributed by atoms with Gasteiger partial charge in [0.1, 0.15) is 6.04 Å². The molecule has 0 aromatic heterocycles. The van der Waals surface area contributed by atoms with Crippen molar-refractivity contribution < 1.29 is 19.5 Å². The molecule has 0 heterocycles. The van der Waals surface area contributed by atoms with Crippen molar-refractivity contribution in [1.29, 1.82) is 0 Å². The van der Waals surface area contributed by atoms with Crippen molar-refractivity contribution in [3.05, 3.63) is 24.3 Å². The number of anilines is 2. The van der Waals surface area contributed by atoms with Gasteiger partial charge in [0.15, 0.2) is 0 Å². The van der Waals surface area contributed by atoms with Crippen molar-refractivity contribution in [2.45, 2.75) is 19.9 Å². The van der Waals surface area contributed by atoms with E-state index in [1.807, 2.05) is 0 Å². The smallest absolute Gasteiger partial charge is 0.325 e. The molecule has 4 N–H and O–H groups in total. The second-order valence-corrected chi connectivity index (χ2v) is 3.92. The maximum Gasteiger partial charge on any atom is 0.325 e. The topological polar surface area (TPSA) is 108 Å². The van der Waals surface area contributed by atoms with Crippen LogP contribution in [-0.4, -0.2) is 29.1 Å². The quantitative estimate of drug-likeness (QED) is 0.656. The first-order valence-corrected chi connectivity index (χ1v) is 5.56. The number of carboxylic acid groups (broad SMARTS) is 1. The summed E-state index contributed by atoms with van der Waals surface area (Å²) in [6, 6.07) is 4.85. The van der Waals surface area contributed by atoms with Gasteiger partial charge in [-0.25, -0.2) is 4.79 Å². The summed E-state index contributed by atoms with van der Waals surface area (Å²) in [6.45, 7) is 2.76. The molecule has 3 amide bonds. The van der Waals surface area contributed by atoms with Crippen molar-refractivity contribution in [2.75, 3.05) is 10.6 Å². The molecule has 0 radical (unpaired) electrons. The third kappa shape index (κ3) is 5.07. The molecule has 1 aromatic carbocycles. The van der Waals surface area contributed by atoms with E-state index in [0.29, 0.717) is 11.4 Å². The van der Waals surface area contributed by atoms with Gasteiger partial charge in [-0.2, -0.15) is 0 Å². The lowest BCUT2D eigenvalue weighted by atomic mass is 10.3. The second-order valence-electron chi connectivity index (χ2n) is 3.92. The Bertz CT molecular complexity index is 484.